The van der Waals surface area contributed by atoms with Gasteiger partial charge in [0.2, 0.25) is 11.8 Å². The Morgan fingerprint density at radius 3 is 2.61 bits per heavy atom. The molecule has 0 spiro atoms. The van der Waals surface area contributed by atoms with Crippen LogP contribution in [0.4, 0.5) is 13.2 Å². The lowest BCUT2D eigenvalue weighted by Gasteiger charge is -2.23. The van der Waals surface area contributed by atoms with Crippen LogP contribution in [0.5, 0.6) is 0 Å². The highest BCUT2D eigenvalue weighted by Gasteiger charge is 2.40. The Hall–Kier alpha value is -2.65. The number of fused-ring (bicyclic) bond motifs is 1. The van der Waals surface area contributed by atoms with Crippen LogP contribution in [0.1, 0.15) is 56.6 Å². The molecule has 0 aliphatic carbocycles. The van der Waals surface area contributed by atoms with Crippen molar-refractivity contribution < 1.29 is 22.8 Å². The molecule has 0 N–H and O–H groups in total. The maximum absolute atomic E-state index is 13.5. The number of halogens is 3. The van der Waals surface area contributed by atoms with Crippen LogP contribution in [0.25, 0.3) is 5.65 Å². The summed E-state index contributed by atoms with van der Waals surface area (Å²) < 4.78 is 41.4. The number of rotatable bonds is 4. The Morgan fingerprint density at radius 2 is 2.00 bits per heavy atom. The summed E-state index contributed by atoms with van der Waals surface area (Å²) in [6, 6.07) is 2.68. The number of carbonyl (C=O) groups is 2. The molecule has 2 aromatic heterocycles. The largest absolute Gasteiger partial charge is 0.433 e. The van der Waals surface area contributed by atoms with E-state index in [1.807, 2.05) is 13.8 Å². The molecule has 168 valence electrons. The van der Waals surface area contributed by atoms with Crippen LogP contribution in [-0.4, -0.2) is 61.9 Å². The smallest absolute Gasteiger partial charge is 0.342 e. The number of alkyl halides is 3. The third-order valence-corrected chi connectivity index (χ3v) is 6.20. The number of likely N-dealkylation sites (tertiary alicyclic amines) is 2. The van der Waals surface area contributed by atoms with Crippen LogP contribution in [0, 0.1) is 5.92 Å². The van der Waals surface area contributed by atoms with Crippen molar-refractivity contribution in [3.63, 3.8) is 0 Å². The van der Waals surface area contributed by atoms with E-state index < -0.39 is 11.9 Å². The van der Waals surface area contributed by atoms with Gasteiger partial charge in [0.15, 0.2) is 5.65 Å². The Kier molecular flexibility index (Phi) is 5.43. The van der Waals surface area contributed by atoms with Gasteiger partial charge < -0.3 is 9.80 Å². The topological polar surface area (TPSA) is 70.8 Å². The van der Waals surface area contributed by atoms with E-state index in [-0.39, 0.29) is 41.8 Å². The van der Waals surface area contributed by atoms with Crippen LogP contribution in [0.3, 0.4) is 0 Å². The number of aryl methyl sites for hydroxylation is 1. The van der Waals surface area contributed by atoms with E-state index in [4.69, 9.17) is 0 Å². The van der Waals surface area contributed by atoms with Crippen molar-refractivity contribution in [3.05, 3.63) is 29.2 Å². The van der Waals surface area contributed by atoms with Crippen LogP contribution >= 0.6 is 0 Å². The Balaban J connectivity index is 1.53. The summed E-state index contributed by atoms with van der Waals surface area (Å²) in [6.07, 6.45) is -3.32. The molecule has 2 unspecified atom stereocenters. The molecule has 7 nitrogen and oxygen atoms in total. The van der Waals surface area contributed by atoms with E-state index in [0.29, 0.717) is 43.9 Å². The Labute approximate surface area is 178 Å². The molecule has 0 bridgehead atoms. The summed E-state index contributed by atoms with van der Waals surface area (Å²) in [5, 5.41) is 4.21. The molecule has 0 saturated carbocycles. The van der Waals surface area contributed by atoms with Crippen LogP contribution in [0.2, 0.25) is 0 Å². The molecule has 2 aliphatic heterocycles. The molecule has 2 aliphatic rings. The zero-order chi connectivity index (χ0) is 22.5. The molecule has 2 saturated heterocycles. The van der Waals surface area contributed by atoms with Gasteiger partial charge in [0.05, 0.1) is 11.6 Å². The summed E-state index contributed by atoms with van der Waals surface area (Å²) >= 11 is 0. The van der Waals surface area contributed by atoms with Crippen molar-refractivity contribution >= 4 is 17.5 Å². The first kappa shape index (κ1) is 21.6. The predicted molar refractivity (Wildman–Crippen MR) is 106 cm³/mol. The van der Waals surface area contributed by atoms with Crippen molar-refractivity contribution in [2.45, 2.75) is 58.2 Å². The van der Waals surface area contributed by atoms with E-state index >= 15 is 0 Å². The fourth-order valence-corrected chi connectivity index (χ4v) is 4.48. The maximum atomic E-state index is 13.5. The molecule has 2 amide bonds. The molecule has 4 heterocycles. The minimum Gasteiger partial charge on any atom is -0.342 e. The third kappa shape index (κ3) is 3.99. The number of aromatic nitrogens is 3. The molecule has 0 radical (unpaired) electrons. The van der Waals surface area contributed by atoms with Gasteiger partial charge in [-0.15, -0.1) is 0 Å². The highest BCUT2D eigenvalue weighted by atomic mass is 19.4. The Bertz CT molecular complexity index is 1020. The average molecular weight is 437 g/mol. The van der Waals surface area contributed by atoms with Crippen molar-refractivity contribution in [3.8, 4) is 0 Å². The number of nitrogens with zero attached hydrogens (tertiary/aromatic N) is 5. The molecule has 2 fully saturated rings. The summed E-state index contributed by atoms with van der Waals surface area (Å²) in [7, 11) is 0. The highest BCUT2D eigenvalue weighted by molar-refractivity contribution is 5.89. The molecular weight excluding hydrogens is 411 g/mol. The second-order valence-electron chi connectivity index (χ2n) is 8.63. The van der Waals surface area contributed by atoms with E-state index in [2.05, 4.69) is 10.1 Å². The van der Waals surface area contributed by atoms with Crippen molar-refractivity contribution in [1.82, 2.24) is 24.4 Å². The maximum Gasteiger partial charge on any atom is 0.433 e. The van der Waals surface area contributed by atoms with Crippen molar-refractivity contribution in [2.75, 3.05) is 19.6 Å². The first-order chi connectivity index (χ1) is 14.6. The van der Waals surface area contributed by atoms with Crippen LogP contribution in [-0.2, 0) is 22.2 Å². The number of hydrogen-bond acceptors (Lipinski definition) is 4. The zero-order valence-electron chi connectivity index (χ0n) is 17.8. The number of hydrogen-bond donors (Lipinski definition) is 0. The summed E-state index contributed by atoms with van der Waals surface area (Å²) in [4.78, 5) is 32.8. The normalized spacial score (nSPS) is 22.4. The van der Waals surface area contributed by atoms with Gasteiger partial charge >= 0.3 is 6.18 Å². The third-order valence-electron chi connectivity index (χ3n) is 6.20. The fourth-order valence-electron chi connectivity index (χ4n) is 4.48. The summed E-state index contributed by atoms with van der Waals surface area (Å²) in [5.41, 5.74) is 0.188. The van der Waals surface area contributed by atoms with E-state index in [0.717, 1.165) is 10.6 Å². The Morgan fingerprint density at radius 1 is 1.26 bits per heavy atom. The number of amides is 2. The molecule has 2 aromatic rings. The van der Waals surface area contributed by atoms with Gasteiger partial charge in [0.1, 0.15) is 5.69 Å². The van der Waals surface area contributed by atoms with Gasteiger partial charge in [-0.05, 0) is 32.8 Å². The van der Waals surface area contributed by atoms with E-state index in [1.165, 1.54) is 0 Å². The SMILES string of the molecule is CCc1cc(C(F)(F)F)n2nc(C3CCN(C(=O)C4CC(=O)N(C(C)C)C4)C3)cc2n1. The lowest BCUT2D eigenvalue weighted by molar-refractivity contribution is -0.142. The molecule has 10 heteroatoms. The van der Waals surface area contributed by atoms with Gasteiger partial charge in [0, 0.05) is 49.8 Å². The summed E-state index contributed by atoms with van der Waals surface area (Å²) in [6.45, 7) is 6.91. The van der Waals surface area contributed by atoms with Gasteiger partial charge in [-0.3, -0.25) is 9.59 Å². The van der Waals surface area contributed by atoms with E-state index in [1.54, 1.807) is 22.8 Å². The molecule has 0 aromatic carbocycles. The van der Waals surface area contributed by atoms with Crippen molar-refractivity contribution in [2.24, 2.45) is 5.92 Å². The molecule has 31 heavy (non-hydrogen) atoms. The average Bonchev–Trinajstić information content (AvgIpc) is 3.42. The zero-order valence-corrected chi connectivity index (χ0v) is 17.8. The quantitative estimate of drug-likeness (QED) is 0.738. The minimum atomic E-state index is -4.54. The molecule has 4 rings (SSSR count). The highest BCUT2D eigenvalue weighted by Crippen LogP contribution is 2.33. The van der Waals surface area contributed by atoms with Gasteiger partial charge in [-0.25, -0.2) is 9.50 Å². The lowest BCUT2D eigenvalue weighted by Crippen LogP contribution is -2.37. The number of carbonyl (C=O) groups excluding carboxylic acids is 2. The second-order valence-corrected chi connectivity index (χ2v) is 8.63. The fraction of sp³-hybridized carbons (Fsp3) is 0.619. The molecular formula is C21H26F3N5O2. The molecule has 2 atom stereocenters. The first-order valence-corrected chi connectivity index (χ1v) is 10.6. The summed E-state index contributed by atoms with van der Waals surface area (Å²) in [5.74, 6) is -0.595. The second kappa shape index (κ2) is 7.80. The predicted octanol–water partition coefficient (Wildman–Crippen LogP) is 2.88. The van der Waals surface area contributed by atoms with Crippen LogP contribution in [0.15, 0.2) is 12.1 Å². The monoisotopic (exact) mass is 437 g/mol. The van der Waals surface area contributed by atoms with Crippen LogP contribution < -0.4 is 0 Å². The van der Waals surface area contributed by atoms with Crippen molar-refractivity contribution in [1.29, 1.82) is 0 Å². The van der Waals surface area contributed by atoms with Gasteiger partial charge in [-0.2, -0.15) is 18.3 Å². The van der Waals surface area contributed by atoms with E-state index in [9.17, 15) is 22.8 Å². The lowest BCUT2D eigenvalue weighted by atomic mass is 10.1. The standard InChI is InChI=1S/C21H26F3N5O2/c1-4-15-8-17(21(22,23)24)29-18(25-15)9-16(26-29)13-5-6-27(10-13)20(31)14-7-19(30)28(11-14)12(2)3/h8-9,12-14H,4-7,10-11H2,1-3H3. The first-order valence-electron chi connectivity index (χ1n) is 10.6. The van der Waals surface area contributed by atoms with Gasteiger partial charge in [-0.1, -0.05) is 6.92 Å². The minimum absolute atomic E-state index is 0.0121. The van der Waals surface area contributed by atoms with Gasteiger partial charge in [0.25, 0.3) is 0 Å².